The third-order valence-electron chi connectivity index (χ3n) is 4.20. The number of carbonyl (C=O) groups is 1. The molecule has 0 aliphatic carbocycles. The van der Waals surface area contributed by atoms with Crippen molar-refractivity contribution < 1.29 is 18.0 Å². The lowest BCUT2D eigenvalue weighted by Gasteiger charge is -2.11. The molecule has 31 heavy (non-hydrogen) atoms. The minimum absolute atomic E-state index is 0.0330. The van der Waals surface area contributed by atoms with Gasteiger partial charge in [-0.1, -0.05) is 54.0 Å². The minimum atomic E-state index is -4.56. The summed E-state index contributed by atoms with van der Waals surface area (Å²) in [5.41, 5.74) is 1.04. The van der Waals surface area contributed by atoms with Gasteiger partial charge in [-0.25, -0.2) is 4.98 Å². The lowest BCUT2D eigenvalue weighted by molar-refractivity contribution is -0.137. The number of rotatable bonds is 7. The van der Waals surface area contributed by atoms with Crippen LogP contribution in [0.1, 0.15) is 24.5 Å². The summed E-state index contributed by atoms with van der Waals surface area (Å²) in [5.74, 6) is 0.0771. The average Bonchev–Trinajstić information content (AvgIpc) is 3.10. The van der Waals surface area contributed by atoms with E-state index < -0.39 is 17.6 Å². The van der Waals surface area contributed by atoms with Gasteiger partial charge in [0.2, 0.25) is 5.91 Å². The number of pyridine rings is 1. The molecule has 0 saturated heterocycles. The van der Waals surface area contributed by atoms with E-state index in [0.29, 0.717) is 23.7 Å². The number of nitrogens with zero attached hydrogens (tertiary/aromatic N) is 4. The minimum Gasteiger partial charge on any atom is -0.309 e. The van der Waals surface area contributed by atoms with Crippen molar-refractivity contribution in [2.24, 2.45) is 0 Å². The lowest BCUT2D eigenvalue weighted by atomic mass is 10.1. The number of alkyl halides is 3. The van der Waals surface area contributed by atoms with E-state index in [-0.39, 0.29) is 16.6 Å². The van der Waals surface area contributed by atoms with Crippen molar-refractivity contribution in [2.75, 3.05) is 11.1 Å². The van der Waals surface area contributed by atoms with Gasteiger partial charge in [-0.3, -0.25) is 4.79 Å². The zero-order valence-corrected chi connectivity index (χ0v) is 18.3. The molecule has 3 aromatic rings. The second kappa shape index (κ2) is 9.69. The lowest BCUT2D eigenvalue weighted by Crippen LogP contribution is -2.16. The van der Waals surface area contributed by atoms with Crippen LogP contribution in [0.25, 0.3) is 11.4 Å². The number of aryl methyl sites for hydroxylation is 1. The number of benzene rings is 1. The highest BCUT2D eigenvalue weighted by atomic mass is 35.5. The normalized spacial score (nSPS) is 11.5. The molecule has 11 heteroatoms. The largest absolute Gasteiger partial charge is 0.417 e. The van der Waals surface area contributed by atoms with Gasteiger partial charge in [0, 0.05) is 18.3 Å². The molecule has 0 unspecified atom stereocenters. The summed E-state index contributed by atoms with van der Waals surface area (Å²) >= 11 is 7.01. The molecule has 0 spiro atoms. The fraction of sp³-hybridized carbons (Fsp3) is 0.300. The van der Waals surface area contributed by atoms with Crippen LogP contribution in [0.15, 0.2) is 41.7 Å². The van der Waals surface area contributed by atoms with Crippen molar-refractivity contribution in [3.05, 3.63) is 52.7 Å². The summed E-state index contributed by atoms with van der Waals surface area (Å²) < 4.78 is 40.1. The maximum absolute atomic E-state index is 12.7. The predicted octanol–water partition coefficient (Wildman–Crippen LogP) is 5.46. The fourth-order valence-corrected chi connectivity index (χ4v) is 3.78. The van der Waals surface area contributed by atoms with Crippen LogP contribution in [0.4, 0.5) is 19.0 Å². The number of aromatic nitrogens is 4. The van der Waals surface area contributed by atoms with E-state index in [1.165, 1.54) is 11.8 Å². The number of anilines is 1. The summed E-state index contributed by atoms with van der Waals surface area (Å²) in [6, 6.07) is 8.61. The molecule has 1 aromatic carbocycles. The molecule has 6 nitrogen and oxygen atoms in total. The SMILES string of the molecule is CCCn1c(SCC(=O)Nc2ncc(C(F)(F)F)cc2Cl)nnc1-c1cccc(C)c1. The van der Waals surface area contributed by atoms with Crippen LogP contribution in [-0.4, -0.2) is 31.4 Å². The second-order valence-corrected chi connectivity index (χ2v) is 8.07. The third-order valence-corrected chi connectivity index (χ3v) is 5.45. The number of carbonyl (C=O) groups excluding carboxylic acids is 1. The average molecular weight is 470 g/mol. The molecule has 0 radical (unpaired) electrons. The Kier molecular flexibility index (Phi) is 7.22. The highest BCUT2D eigenvalue weighted by Crippen LogP contribution is 2.32. The van der Waals surface area contributed by atoms with Gasteiger partial charge in [0.1, 0.15) is 0 Å². The van der Waals surface area contributed by atoms with E-state index in [9.17, 15) is 18.0 Å². The van der Waals surface area contributed by atoms with Crippen molar-refractivity contribution >= 4 is 35.1 Å². The molecular weight excluding hydrogens is 451 g/mol. The van der Waals surface area contributed by atoms with Gasteiger partial charge >= 0.3 is 6.18 Å². The quantitative estimate of drug-likeness (QED) is 0.465. The van der Waals surface area contributed by atoms with Gasteiger partial charge in [0.15, 0.2) is 16.8 Å². The molecule has 2 heterocycles. The predicted molar refractivity (Wildman–Crippen MR) is 114 cm³/mol. The van der Waals surface area contributed by atoms with E-state index in [1.54, 1.807) is 0 Å². The Hall–Kier alpha value is -2.59. The van der Waals surface area contributed by atoms with Crippen LogP contribution < -0.4 is 5.32 Å². The Bertz CT molecular complexity index is 1090. The summed E-state index contributed by atoms with van der Waals surface area (Å²) in [6.45, 7) is 4.69. The van der Waals surface area contributed by atoms with Crippen molar-refractivity contribution in [2.45, 2.75) is 38.1 Å². The number of halogens is 4. The first kappa shape index (κ1) is 23.1. The first-order chi connectivity index (χ1) is 14.7. The zero-order valence-electron chi connectivity index (χ0n) is 16.7. The van der Waals surface area contributed by atoms with E-state index in [1.807, 2.05) is 42.7 Å². The van der Waals surface area contributed by atoms with Gasteiger partial charge < -0.3 is 9.88 Å². The Labute approximate surface area is 186 Å². The van der Waals surface area contributed by atoms with Crippen molar-refractivity contribution in [1.82, 2.24) is 19.7 Å². The van der Waals surface area contributed by atoms with Crippen molar-refractivity contribution in [3.63, 3.8) is 0 Å². The van der Waals surface area contributed by atoms with Crippen LogP contribution >= 0.6 is 23.4 Å². The van der Waals surface area contributed by atoms with Gasteiger partial charge in [0.25, 0.3) is 0 Å². The molecule has 0 saturated carbocycles. The topological polar surface area (TPSA) is 72.7 Å². The van der Waals surface area contributed by atoms with E-state index in [2.05, 4.69) is 20.5 Å². The number of nitrogens with one attached hydrogen (secondary N) is 1. The van der Waals surface area contributed by atoms with Crippen LogP contribution in [0, 0.1) is 6.92 Å². The first-order valence-corrected chi connectivity index (χ1v) is 10.7. The molecule has 0 atom stereocenters. The van der Waals surface area contributed by atoms with Crippen LogP contribution in [0.5, 0.6) is 0 Å². The fourth-order valence-electron chi connectivity index (χ4n) is 2.80. The summed E-state index contributed by atoms with van der Waals surface area (Å²) in [6.07, 6.45) is -3.09. The van der Waals surface area contributed by atoms with Gasteiger partial charge in [-0.15, -0.1) is 10.2 Å². The smallest absolute Gasteiger partial charge is 0.309 e. The van der Waals surface area contributed by atoms with Crippen molar-refractivity contribution in [3.8, 4) is 11.4 Å². The molecule has 2 aromatic heterocycles. The second-order valence-electron chi connectivity index (χ2n) is 6.72. The first-order valence-electron chi connectivity index (χ1n) is 9.34. The number of amides is 1. The highest BCUT2D eigenvalue weighted by molar-refractivity contribution is 7.99. The van der Waals surface area contributed by atoms with E-state index in [0.717, 1.165) is 23.6 Å². The van der Waals surface area contributed by atoms with Crippen LogP contribution in [0.2, 0.25) is 5.02 Å². The maximum atomic E-state index is 12.7. The zero-order chi connectivity index (χ0) is 22.6. The number of hydrogen-bond acceptors (Lipinski definition) is 5. The molecule has 0 fully saturated rings. The molecule has 0 aliphatic rings. The Morgan fingerprint density at radius 1 is 1.26 bits per heavy atom. The van der Waals surface area contributed by atoms with Gasteiger partial charge in [-0.05, 0) is 25.5 Å². The Balaban J connectivity index is 1.70. The molecule has 0 bridgehead atoms. The van der Waals surface area contributed by atoms with Gasteiger partial charge in [-0.2, -0.15) is 13.2 Å². The Morgan fingerprint density at radius 2 is 2.03 bits per heavy atom. The Morgan fingerprint density at radius 3 is 2.68 bits per heavy atom. The molecule has 1 amide bonds. The van der Waals surface area contributed by atoms with E-state index >= 15 is 0 Å². The third kappa shape index (κ3) is 5.76. The van der Waals surface area contributed by atoms with Gasteiger partial charge in [0.05, 0.1) is 16.3 Å². The molecule has 164 valence electrons. The molecule has 3 rings (SSSR count). The summed E-state index contributed by atoms with van der Waals surface area (Å²) in [7, 11) is 0. The monoisotopic (exact) mass is 469 g/mol. The van der Waals surface area contributed by atoms with E-state index in [4.69, 9.17) is 11.6 Å². The maximum Gasteiger partial charge on any atom is 0.417 e. The summed E-state index contributed by atoms with van der Waals surface area (Å²) in [4.78, 5) is 15.9. The highest BCUT2D eigenvalue weighted by Gasteiger charge is 2.31. The van der Waals surface area contributed by atoms with Crippen molar-refractivity contribution in [1.29, 1.82) is 0 Å². The molecular formula is C20H19ClF3N5OS. The molecule has 0 aliphatic heterocycles. The standard InChI is InChI=1S/C20H19ClF3N5OS/c1-3-7-29-18(13-6-4-5-12(2)8-13)27-28-19(29)31-11-16(30)26-17-15(21)9-14(10-25-17)20(22,23)24/h4-6,8-10H,3,7,11H2,1-2H3,(H,25,26,30). The van der Waals surface area contributed by atoms with Crippen LogP contribution in [-0.2, 0) is 17.5 Å². The van der Waals surface area contributed by atoms with Crippen LogP contribution in [0.3, 0.4) is 0 Å². The number of thioether (sulfide) groups is 1. The summed E-state index contributed by atoms with van der Waals surface area (Å²) in [5, 5.41) is 11.2. The number of hydrogen-bond donors (Lipinski definition) is 1. The molecule has 1 N–H and O–H groups in total.